The second-order valence-electron chi connectivity index (χ2n) is 15.5. The zero-order valence-electron chi connectivity index (χ0n) is 32.1. The molecule has 4 heteroatoms. The lowest BCUT2D eigenvalue weighted by Gasteiger charge is -2.34. The van der Waals surface area contributed by atoms with Crippen LogP contribution in [0.15, 0.2) is 194 Å². The van der Waals surface area contributed by atoms with Crippen LogP contribution in [0.25, 0.3) is 38.4 Å². The largest absolute Gasteiger partial charge is 0.449 e. The molecule has 0 radical (unpaired) electrons. The molecule has 59 heavy (non-hydrogen) atoms. The standard InChI is InChI=1S/C55H37NO2S/c1-4-16-37(17-5-1)55(38-18-6-2-7-19-38)45-25-13-10-24-43(45)53-46(55)30-32-49-54(53)58-48-31-29-40(35-50(48)57-49)56(39-20-8-3-9-21-39)47-26-14-11-22-41(47)36-28-33-52-44(34-36)42-23-12-15-27-51(42)59-52/h1-11,13-22,24-35H,12,23H2. The Balaban J connectivity index is 0.982. The summed E-state index contributed by atoms with van der Waals surface area (Å²) in [5, 5.41) is 1.37. The Labute approximate surface area is 347 Å². The minimum atomic E-state index is -0.523. The average molecular weight is 776 g/mol. The normalized spacial score (nSPS) is 14.0. The number of benzene rings is 8. The lowest BCUT2D eigenvalue weighted by molar-refractivity contribution is 0.360. The van der Waals surface area contributed by atoms with Crippen LogP contribution in [0.1, 0.15) is 39.1 Å². The number of thiophene rings is 1. The van der Waals surface area contributed by atoms with Crippen molar-refractivity contribution in [1.29, 1.82) is 0 Å². The summed E-state index contributed by atoms with van der Waals surface area (Å²) in [5.74, 6) is 2.81. The molecule has 9 aromatic rings. The molecular formula is C55H37NO2S. The van der Waals surface area contributed by atoms with E-state index in [-0.39, 0.29) is 0 Å². The molecule has 0 saturated carbocycles. The summed E-state index contributed by atoms with van der Waals surface area (Å²) in [5.41, 5.74) is 13.5. The van der Waals surface area contributed by atoms with E-state index in [0.29, 0.717) is 17.2 Å². The zero-order chi connectivity index (χ0) is 38.9. The predicted molar refractivity (Wildman–Crippen MR) is 243 cm³/mol. The molecule has 0 atom stereocenters. The van der Waals surface area contributed by atoms with E-state index in [1.165, 1.54) is 53.9 Å². The number of para-hydroxylation sites is 2. The molecule has 0 N–H and O–H groups in total. The Bertz CT molecular complexity index is 3070. The van der Waals surface area contributed by atoms with E-state index in [2.05, 4.69) is 205 Å². The minimum Gasteiger partial charge on any atom is -0.449 e. The highest BCUT2D eigenvalue weighted by atomic mass is 32.1. The molecule has 1 aliphatic heterocycles. The van der Waals surface area contributed by atoms with Crippen molar-refractivity contribution in [3.05, 3.63) is 227 Å². The van der Waals surface area contributed by atoms with Gasteiger partial charge in [0.25, 0.3) is 0 Å². The molecule has 0 unspecified atom stereocenters. The maximum atomic E-state index is 7.01. The maximum absolute atomic E-state index is 7.01. The molecule has 280 valence electrons. The Morgan fingerprint density at radius 2 is 1.22 bits per heavy atom. The molecule has 0 spiro atoms. The van der Waals surface area contributed by atoms with Crippen molar-refractivity contribution in [3.8, 4) is 45.3 Å². The molecule has 3 aliphatic rings. The first-order valence-corrected chi connectivity index (χ1v) is 21.1. The first-order chi connectivity index (χ1) is 29.3. The van der Waals surface area contributed by atoms with Gasteiger partial charge in [0.2, 0.25) is 0 Å². The number of aryl methyl sites for hydroxylation is 1. The van der Waals surface area contributed by atoms with E-state index in [9.17, 15) is 0 Å². The van der Waals surface area contributed by atoms with Crippen molar-refractivity contribution in [1.82, 2.24) is 0 Å². The molecule has 0 bridgehead atoms. The first-order valence-electron chi connectivity index (χ1n) is 20.3. The second kappa shape index (κ2) is 13.5. The smallest absolute Gasteiger partial charge is 0.178 e. The van der Waals surface area contributed by atoms with Crippen molar-refractivity contribution < 1.29 is 9.47 Å². The Hall–Kier alpha value is -7.14. The van der Waals surface area contributed by atoms with Crippen LogP contribution in [0, 0.1) is 0 Å². The topological polar surface area (TPSA) is 21.7 Å². The molecular weight excluding hydrogens is 739 g/mol. The third-order valence-corrected chi connectivity index (χ3v) is 13.5. The van der Waals surface area contributed by atoms with Gasteiger partial charge in [-0.15, -0.1) is 11.3 Å². The number of anilines is 3. The van der Waals surface area contributed by atoms with E-state index >= 15 is 0 Å². The third-order valence-electron chi connectivity index (χ3n) is 12.3. The summed E-state index contributed by atoms with van der Waals surface area (Å²) in [6.45, 7) is 0. The fourth-order valence-electron chi connectivity index (χ4n) is 9.75. The van der Waals surface area contributed by atoms with E-state index in [1.54, 1.807) is 0 Å². The van der Waals surface area contributed by atoms with Gasteiger partial charge in [0.15, 0.2) is 23.0 Å². The summed E-state index contributed by atoms with van der Waals surface area (Å²) in [7, 11) is 0. The quantitative estimate of drug-likeness (QED) is 0.168. The number of ether oxygens (including phenoxy) is 2. The van der Waals surface area contributed by atoms with Crippen LogP contribution >= 0.6 is 11.3 Å². The van der Waals surface area contributed by atoms with Crippen LogP contribution in [0.2, 0.25) is 0 Å². The van der Waals surface area contributed by atoms with Gasteiger partial charge >= 0.3 is 0 Å². The molecule has 3 nitrogen and oxygen atoms in total. The maximum Gasteiger partial charge on any atom is 0.178 e. The predicted octanol–water partition coefficient (Wildman–Crippen LogP) is 15.3. The number of rotatable bonds is 6. The molecule has 0 saturated heterocycles. The van der Waals surface area contributed by atoms with Crippen LogP contribution in [0.4, 0.5) is 17.1 Å². The Morgan fingerprint density at radius 3 is 2.02 bits per heavy atom. The Kier molecular flexibility index (Phi) is 7.75. The van der Waals surface area contributed by atoms with Gasteiger partial charge in [-0.25, -0.2) is 0 Å². The Morgan fingerprint density at radius 1 is 0.525 bits per heavy atom. The van der Waals surface area contributed by atoms with E-state index in [4.69, 9.17) is 9.47 Å². The number of fused-ring (bicyclic) bond motifs is 9. The van der Waals surface area contributed by atoms with Crippen LogP contribution in [-0.4, -0.2) is 0 Å². The van der Waals surface area contributed by atoms with Crippen LogP contribution in [-0.2, 0) is 11.8 Å². The second-order valence-corrected chi connectivity index (χ2v) is 16.5. The highest BCUT2D eigenvalue weighted by Gasteiger charge is 2.48. The van der Waals surface area contributed by atoms with Gasteiger partial charge in [-0.2, -0.15) is 0 Å². The van der Waals surface area contributed by atoms with Crippen molar-refractivity contribution in [2.45, 2.75) is 18.3 Å². The van der Waals surface area contributed by atoms with E-state index in [0.717, 1.165) is 46.8 Å². The summed E-state index contributed by atoms with van der Waals surface area (Å²) in [6.07, 6.45) is 6.77. The molecule has 0 amide bonds. The van der Waals surface area contributed by atoms with Crippen molar-refractivity contribution in [3.63, 3.8) is 0 Å². The minimum absolute atomic E-state index is 0.523. The average Bonchev–Trinajstić information content (AvgIpc) is 3.83. The fraction of sp³-hybridized carbons (Fsp3) is 0.0545. The van der Waals surface area contributed by atoms with Gasteiger partial charge < -0.3 is 14.4 Å². The van der Waals surface area contributed by atoms with Gasteiger partial charge in [0, 0.05) is 32.5 Å². The fourth-order valence-corrected chi connectivity index (χ4v) is 10.9. The number of hydrogen-bond donors (Lipinski definition) is 0. The van der Waals surface area contributed by atoms with E-state index < -0.39 is 5.41 Å². The van der Waals surface area contributed by atoms with Gasteiger partial charge in [0.1, 0.15) is 0 Å². The highest BCUT2D eigenvalue weighted by Crippen LogP contribution is 2.62. The lowest BCUT2D eigenvalue weighted by atomic mass is 9.68. The molecule has 2 heterocycles. The van der Waals surface area contributed by atoms with Gasteiger partial charge in [-0.1, -0.05) is 140 Å². The summed E-state index contributed by atoms with van der Waals surface area (Å²) in [4.78, 5) is 3.72. The highest BCUT2D eigenvalue weighted by molar-refractivity contribution is 7.20. The number of allylic oxidation sites excluding steroid dienone is 1. The molecule has 12 rings (SSSR count). The van der Waals surface area contributed by atoms with Crippen molar-refractivity contribution in [2.24, 2.45) is 0 Å². The van der Waals surface area contributed by atoms with Crippen LogP contribution < -0.4 is 14.4 Å². The summed E-state index contributed by atoms with van der Waals surface area (Å²) >= 11 is 1.89. The number of hydrogen-bond acceptors (Lipinski definition) is 4. The SMILES string of the molecule is C1=Cc2sc3ccc(-c4ccccc4N(c4ccccc4)c4ccc5c(c4)Oc4ccc6c(c4O5)-c4ccccc4C6(c4ccccc4)c4ccccc4)cc3c2CC1. The van der Waals surface area contributed by atoms with E-state index in [1.807, 2.05) is 11.3 Å². The lowest BCUT2D eigenvalue weighted by Crippen LogP contribution is -2.28. The summed E-state index contributed by atoms with van der Waals surface area (Å²) in [6, 6.07) is 67.4. The zero-order valence-corrected chi connectivity index (χ0v) is 33.0. The van der Waals surface area contributed by atoms with Crippen LogP contribution in [0.3, 0.4) is 0 Å². The first kappa shape index (κ1) is 33.9. The molecule has 1 aromatic heterocycles. The molecule has 0 fully saturated rings. The molecule has 2 aliphatic carbocycles. The van der Waals surface area contributed by atoms with Crippen molar-refractivity contribution >= 4 is 44.6 Å². The van der Waals surface area contributed by atoms with Gasteiger partial charge in [-0.05, 0) is 112 Å². The monoisotopic (exact) mass is 775 g/mol. The summed E-state index contributed by atoms with van der Waals surface area (Å²) < 4.78 is 15.3. The van der Waals surface area contributed by atoms with Gasteiger partial charge in [0.05, 0.1) is 16.8 Å². The van der Waals surface area contributed by atoms with Gasteiger partial charge in [-0.3, -0.25) is 0 Å². The number of nitrogens with zero attached hydrogens (tertiary/aromatic N) is 1. The van der Waals surface area contributed by atoms with Crippen LogP contribution in [0.5, 0.6) is 23.0 Å². The third kappa shape index (κ3) is 5.20. The van der Waals surface area contributed by atoms with Crippen molar-refractivity contribution in [2.75, 3.05) is 4.90 Å². The molecule has 8 aromatic carbocycles.